The first kappa shape index (κ1) is 29.7. The zero-order chi connectivity index (χ0) is 29.2. The molecule has 0 fully saturated rings. The Morgan fingerprint density at radius 2 is 1.00 bits per heavy atom. The van der Waals surface area contributed by atoms with E-state index in [4.69, 9.17) is 9.47 Å². The summed E-state index contributed by atoms with van der Waals surface area (Å²) in [5, 5.41) is 22.5. The molecule has 2 rings (SSSR count). The average molecular weight is 531 g/mol. The monoisotopic (exact) mass is 530 g/mol. The molecule has 0 aromatic heterocycles. The fourth-order valence-electron chi connectivity index (χ4n) is 3.28. The van der Waals surface area contributed by atoms with Gasteiger partial charge in [0.15, 0.2) is 0 Å². The molecular weight excluding hydrogens is 500 g/mol. The maximum Gasteiger partial charge on any atom is 0.423 e. The molecular formula is C25H30N4O9. The van der Waals surface area contributed by atoms with Crippen molar-refractivity contribution in [1.82, 2.24) is 0 Å². The van der Waals surface area contributed by atoms with Crippen molar-refractivity contribution in [3.05, 3.63) is 67.8 Å². The highest BCUT2D eigenvalue weighted by atomic mass is 16.6. The van der Waals surface area contributed by atoms with Gasteiger partial charge in [0.05, 0.1) is 21.2 Å². The number of rotatable bonds is 4. The maximum atomic E-state index is 14.0. The summed E-state index contributed by atoms with van der Waals surface area (Å²) in [5.41, 5.74) is -2.48. The predicted octanol–water partition coefficient (Wildman–Crippen LogP) is 6.42. The van der Waals surface area contributed by atoms with Crippen LogP contribution in [-0.2, 0) is 9.47 Å². The molecule has 2 aromatic rings. The Balaban J connectivity index is 2.78. The number of nitrogens with zero attached hydrogens (tertiary/aromatic N) is 4. The van der Waals surface area contributed by atoms with Gasteiger partial charge in [-0.25, -0.2) is 14.4 Å². The van der Waals surface area contributed by atoms with Crippen LogP contribution in [0.3, 0.4) is 0 Å². The van der Waals surface area contributed by atoms with E-state index in [-0.39, 0.29) is 33.9 Å². The summed E-state index contributed by atoms with van der Waals surface area (Å²) in [4.78, 5) is 63.0. The predicted molar refractivity (Wildman–Crippen MR) is 138 cm³/mol. The van der Waals surface area contributed by atoms with Gasteiger partial charge in [0.25, 0.3) is 11.4 Å². The molecule has 2 aromatic carbocycles. The van der Waals surface area contributed by atoms with Crippen LogP contribution in [-0.4, -0.2) is 39.3 Å². The van der Waals surface area contributed by atoms with E-state index in [1.807, 2.05) is 0 Å². The van der Waals surface area contributed by atoms with Crippen molar-refractivity contribution in [1.29, 1.82) is 0 Å². The van der Waals surface area contributed by atoms with Crippen LogP contribution >= 0.6 is 0 Å². The molecule has 13 heteroatoms. The quantitative estimate of drug-likeness (QED) is 0.320. The van der Waals surface area contributed by atoms with Gasteiger partial charge in [-0.15, -0.1) is 0 Å². The number of carbonyl (C=O) groups is 3. The second kappa shape index (κ2) is 10.8. The summed E-state index contributed by atoms with van der Waals surface area (Å²) in [6.07, 6.45) is -2.32. The molecule has 0 radical (unpaired) electrons. The second-order valence-corrected chi connectivity index (χ2v) is 10.4. The maximum absolute atomic E-state index is 14.0. The van der Waals surface area contributed by atoms with Crippen LogP contribution in [0.15, 0.2) is 36.4 Å². The van der Waals surface area contributed by atoms with Crippen molar-refractivity contribution in [3.63, 3.8) is 0 Å². The first-order valence-corrected chi connectivity index (χ1v) is 11.4. The van der Waals surface area contributed by atoms with Gasteiger partial charge in [0.2, 0.25) is 0 Å². The lowest BCUT2D eigenvalue weighted by atomic mass is 10.1. The van der Waals surface area contributed by atoms with Crippen LogP contribution < -0.4 is 9.80 Å². The van der Waals surface area contributed by atoms with Gasteiger partial charge in [-0.3, -0.25) is 20.2 Å². The summed E-state index contributed by atoms with van der Waals surface area (Å²) in [6, 6.07) is 5.67. The lowest BCUT2D eigenvalue weighted by Gasteiger charge is -2.32. The van der Waals surface area contributed by atoms with E-state index in [1.54, 1.807) is 41.5 Å². The standard InChI is InChI=1S/C25H30N4O9/c1-15-13-17(28(33)34)9-11-19(15)26(22(31)37-24(3,4)5)21(30)27(23(32)38-25(6,7)8)20-12-10-18(29(35)36)14-16(20)2/h9-14H,1-8H3. The van der Waals surface area contributed by atoms with E-state index in [0.29, 0.717) is 9.80 Å². The third-order valence-corrected chi connectivity index (χ3v) is 4.80. The van der Waals surface area contributed by atoms with Gasteiger partial charge in [-0.2, -0.15) is 9.80 Å². The van der Waals surface area contributed by atoms with Gasteiger partial charge in [0, 0.05) is 24.3 Å². The van der Waals surface area contributed by atoms with Crippen LogP contribution in [0.2, 0.25) is 0 Å². The van der Waals surface area contributed by atoms with Crippen molar-refractivity contribution in [3.8, 4) is 0 Å². The fourth-order valence-corrected chi connectivity index (χ4v) is 3.28. The Hall–Kier alpha value is -4.55. The molecule has 0 spiro atoms. The second-order valence-electron chi connectivity index (χ2n) is 10.4. The van der Waals surface area contributed by atoms with Crippen molar-refractivity contribution in [2.24, 2.45) is 0 Å². The number of ether oxygens (including phenoxy) is 2. The molecule has 0 unspecified atom stereocenters. The lowest BCUT2D eigenvalue weighted by Crippen LogP contribution is -2.52. The summed E-state index contributed by atoms with van der Waals surface area (Å²) in [7, 11) is 0. The molecule has 0 saturated heterocycles. The Morgan fingerprint density at radius 3 is 1.24 bits per heavy atom. The zero-order valence-corrected chi connectivity index (χ0v) is 22.4. The summed E-state index contributed by atoms with van der Waals surface area (Å²) in [6.45, 7) is 12.3. The average Bonchev–Trinajstić information content (AvgIpc) is 2.73. The number of carbonyl (C=O) groups excluding carboxylic acids is 3. The molecule has 13 nitrogen and oxygen atoms in total. The summed E-state index contributed by atoms with van der Waals surface area (Å²) >= 11 is 0. The van der Waals surface area contributed by atoms with Crippen LogP contribution in [0.5, 0.6) is 0 Å². The van der Waals surface area contributed by atoms with Crippen molar-refractivity contribution in [2.75, 3.05) is 9.80 Å². The number of anilines is 2. The number of aryl methyl sites for hydroxylation is 2. The Kier molecular flexibility index (Phi) is 8.46. The van der Waals surface area contributed by atoms with E-state index in [2.05, 4.69) is 0 Å². The molecule has 0 saturated carbocycles. The van der Waals surface area contributed by atoms with Gasteiger partial charge in [0.1, 0.15) is 11.2 Å². The van der Waals surface area contributed by atoms with Crippen LogP contribution in [0, 0.1) is 34.1 Å². The molecule has 0 atom stereocenters. The highest BCUT2D eigenvalue weighted by Gasteiger charge is 2.39. The van der Waals surface area contributed by atoms with Gasteiger partial charge in [-0.05, 0) is 78.6 Å². The fraction of sp³-hybridized carbons (Fsp3) is 0.400. The van der Waals surface area contributed by atoms with E-state index in [9.17, 15) is 34.6 Å². The number of urea groups is 1. The Bertz CT molecular complexity index is 1200. The normalized spacial score (nSPS) is 11.4. The third kappa shape index (κ3) is 7.24. The number of hydrogen-bond donors (Lipinski definition) is 0. The highest BCUT2D eigenvalue weighted by Crippen LogP contribution is 2.32. The minimum absolute atomic E-state index is 0.0806. The Morgan fingerprint density at radius 1 is 0.684 bits per heavy atom. The van der Waals surface area contributed by atoms with E-state index >= 15 is 0 Å². The number of imide groups is 2. The number of nitro benzene ring substituents is 2. The number of hydrogen-bond acceptors (Lipinski definition) is 9. The molecule has 0 aliphatic rings. The van der Waals surface area contributed by atoms with E-state index < -0.39 is 39.3 Å². The Labute approximate surface area is 219 Å². The van der Waals surface area contributed by atoms with Gasteiger partial charge < -0.3 is 9.47 Å². The molecule has 38 heavy (non-hydrogen) atoms. The topological polar surface area (TPSA) is 162 Å². The van der Waals surface area contributed by atoms with Crippen molar-refractivity contribution >= 4 is 41.0 Å². The number of benzene rings is 2. The summed E-state index contributed by atoms with van der Waals surface area (Å²) in [5.74, 6) is 0. The highest BCUT2D eigenvalue weighted by molar-refractivity contribution is 6.25. The molecule has 0 N–H and O–H groups in total. The first-order valence-electron chi connectivity index (χ1n) is 11.4. The van der Waals surface area contributed by atoms with E-state index in [1.165, 1.54) is 26.0 Å². The van der Waals surface area contributed by atoms with Gasteiger partial charge in [-0.1, -0.05) is 0 Å². The minimum Gasteiger partial charge on any atom is -0.443 e. The van der Waals surface area contributed by atoms with Crippen molar-refractivity contribution < 1.29 is 33.7 Å². The molecule has 0 bridgehead atoms. The van der Waals surface area contributed by atoms with Crippen LogP contribution in [0.25, 0.3) is 0 Å². The first-order chi connectivity index (χ1) is 17.3. The number of amides is 4. The minimum atomic E-state index is -1.22. The van der Waals surface area contributed by atoms with Gasteiger partial charge >= 0.3 is 18.2 Å². The third-order valence-electron chi connectivity index (χ3n) is 4.80. The largest absolute Gasteiger partial charge is 0.443 e. The smallest absolute Gasteiger partial charge is 0.423 e. The summed E-state index contributed by atoms with van der Waals surface area (Å²) < 4.78 is 10.8. The lowest BCUT2D eigenvalue weighted by molar-refractivity contribution is -0.385. The molecule has 204 valence electrons. The van der Waals surface area contributed by atoms with Crippen molar-refractivity contribution in [2.45, 2.75) is 66.6 Å². The number of nitro groups is 2. The zero-order valence-electron chi connectivity index (χ0n) is 22.4. The molecule has 0 heterocycles. The SMILES string of the molecule is Cc1cc([N+](=O)[O-])ccc1N(C(=O)OC(C)(C)C)C(=O)N(C(=O)OC(C)(C)C)c1ccc([N+](=O)[O-])cc1C. The van der Waals surface area contributed by atoms with Crippen LogP contribution in [0.4, 0.5) is 37.1 Å². The van der Waals surface area contributed by atoms with Crippen LogP contribution in [0.1, 0.15) is 52.7 Å². The van der Waals surface area contributed by atoms with E-state index in [0.717, 1.165) is 24.3 Å². The number of non-ortho nitro benzene ring substituents is 2. The molecule has 4 amide bonds. The molecule has 0 aliphatic carbocycles. The molecule has 0 aliphatic heterocycles.